The SMILES string of the molecule is Cc1ccc(CCCN2CCN(C)CC2)c(Cc2ccccc2)c1. The first-order valence-corrected chi connectivity index (χ1v) is 9.24. The Hall–Kier alpha value is -1.64. The van der Waals surface area contributed by atoms with E-state index < -0.39 is 0 Å². The van der Waals surface area contributed by atoms with Crippen molar-refractivity contribution in [1.29, 1.82) is 0 Å². The number of rotatable bonds is 6. The quantitative estimate of drug-likeness (QED) is 0.799. The molecule has 2 heteroatoms. The molecule has 0 bridgehead atoms. The molecule has 0 amide bonds. The van der Waals surface area contributed by atoms with Gasteiger partial charge < -0.3 is 9.80 Å². The van der Waals surface area contributed by atoms with E-state index in [-0.39, 0.29) is 0 Å². The molecule has 1 heterocycles. The average Bonchev–Trinajstić information content (AvgIpc) is 2.59. The molecular formula is C22H30N2. The zero-order valence-corrected chi connectivity index (χ0v) is 15.2. The third-order valence-corrected chi connectivity index (χ3v) is 5.12. The van der Waals surface area contributed by atoms with Gasteiger partial charge in [0, 0.05) is 26.2 Å². The third-order valence-electron chi connectivity index (χ3n) is 5.12. The van der Waals surface area contributed by atoms with Crippen molar-refractivity contribution in [2.75, 3.05) is 39.8 Å². The van der Waals surface area contributed by atoms with Gasteiger partial charge in [0.2, 0.25) is 0 Å². The van der Waals surface area contributed by atoms with Crippen LogP contribution in [-0.2, 0) is 12.8 Å². The molecule has 0 spiro atoms. The lowest BCUT2D eigenvalue weighted by Crippen LogP contribution is -2.44. The molecule has 0 saturated carbocycles. The van der Waals surface area contributed by atoms with Gasteiger partial charge in [0.25, 0.3) is 0 Å². The highest BCUT2D eigenvalue weighted by Crippen LogP contribution is 2.18. The first-order valence-electron chi connectivity index (χ1n) is 9.24. The summed E-state index contributed by atoms with van der Waals surface area (Å²) < 4.78 is 0. The van der Waals surface area contributed by atoms with Gasteiger partial charge in [-0.1, -0.05) is 54.1 Å². The van der Waals surface area contributed by atoms with E-state index in [1.165, 1.54) is 67.8 Å². The lowest BCUT2D eigenvalue weighted by molar-refractivity contribution is 0.153. The first kappa shape index (κ1) is 17.2. The van der Waals surface area contributed by atoms with Crippen molar-refractivity contribution < 1.29 is 0 Å². The molecule has 0 atom stereocenters. The topological polar surface area (TPSA) is 6.48 Å². The van der Waals surface area contributed by atoms with E-state index in [1.54, 1.807) is 0 Å². The van der Waals surface area contributed by atoms with E-state index in [2.05, 4.69) is 72.3 Å². The Morgan fingerprint density at radius 3 is 2.38 bits per heavy atom. The molecule has 24 heavy (non-hydrogen) atoms. The summed E-state index contributed by atoms with van der Waals surface area (Å²) in [5.41, 5.74) is 5.80. The van der Waals surface area contributed by atoms with E-state index in [9.17, 15) is 0 Å². The van der Waals surface area contributed by atoms with Crippen molar-refractivity contribution in [3.63, 3.8) is 0 Å². The molecule has 0 aliphatic carbocycles. The van der Waals surface area contributed by atoms with Crippen molar-refractivity contribution in [3.8, 4) is 0 Å². The molecular weight excluding hydrogens is 292 g/mol. The fourth-order valence-corrected chi connectivity index (χ4v) is 3.54. The Labute approximate surface area is 147 Å². The summed E-state index contributed by atoms with van der Waals surface area (Å²) in [7, 11) is 2.22. The van der Waals surface area contributed by atoms with E-state index >= 15 is 0 Å². The summed E-state index contributed by atoms with van der Waals surface area (Å²) in [5, 5.41) is 0. The number of nitrogens with zero attached hydrogens (tertiary/aromatic N) is 2. The standard InChI is InChI=1S/C22H30N2/c1-19-10-11-21(9-6-12-24-15-13-23(2)14-16-24)22(17-19)18-20-7-4-3-5-8-20/h3-5,7-8,10-11,17H,6,9,12-16,18H2,1-2H3. The van der Waals surface area contributed by atoms with Gasteiger partial charge in [0.1, 0.15) is 0 Å². The second-order valence-corrected chi connectivity index (χ2v) is 7.18. The van der Waals surface area contributed by atoms with Crippen molar-refractivity contribution in [1.82, 2.24) is 9.80 Å². The molecule has 2 aromatic rings. The van der Waals surface area contributed by atoms with Crippen molar-refractivity contribution in [3.05, 3.63) is 70.8 Å². The van der Waals surface area contributed by atoms with Crippen LogP contribution in [0.1, 0.15) is 28.7 Å². The zero-order chi connectivity index (χ0) is 16.8. The van der Waals surface area contributed by atoms with Gasteiger partial charge in [0.05, 0.1) is 0 Å². The van der Waals surface area contributed by atoms with Gasteiger partial charge in [0.15, 0.2) is 0 Å². The maximum atomic E-state index is 2.62. The molecule has 2 nitrogen and oxygen atoms in total. The highest BCUT2D eigenvalue weighted by molar-refractivity contribution is 5.36. The summed E-state index contributed by atoms with van der Waals surface area (Å²) in [6, 6.07) is 17.8. The number of piperazine rings is 1. The molecule has 2 aromatic carbocycles. The zero-order valence-electron chi connectivity index (χ0n) is 15.2. The first-order chi connectivity index (χ1) is 11.7. The maximum Gasteiger partial charge on any atom is 0.0110 e. The van der Waals surface area contributed by atoms with Gasteiger partial charge in [-0.15, -0.1) is 0 Å². The van der Waals surface area contributed by atoms with Crippen LogP contribution in [-0.4, -0.2) is 49.6 Å². The minimum Gasteiger partial charge on any atom is -0.304 e. The monoisotopic (exact) mass is 322 g/mol. The van der Waals surface area contributed by atoms with Crippen molar-refractivity contribution in [2.24, 2.45) is 0 Å². The molecule has 0 N–H and O–H groups in total. The van der Waals surface area contributed by atoms with Gasteiger partial charge in [-0.05, 0) is 56.5 Å². The number of hydrogen-bond acceptors (Lipinski definition) is 2. The smallest absolute Gasteiger partial charge is 0.0110 e. The normalized spacial score (nSPS) is 16.4. The van der Waals surface area contributed by atoms with Crippen LogP contribution in [0.2, 0.25) is 0 Å². The number of hydrogen-bond donors (Lipinski definition) is 0. The second-order valence-electron chi connectivity index (χ2n) is 7.18. The van der Waals surface area contributed by atoms with Gasteiger partial charge >= 0.3 is 0 Å². The fraction of sp³-hybridized carbons (Fsp3) is 0.455. The summed E-state index contributed by atoms with van der Waals surface area (Å²) in [5.74, 6) is 0. The van der Waals surface area contributed by atoms with Crippen LogP contribution in [0.5, 0.6) is 0 Å². The van der Waals surface area contributed by atoms with Crippen LogP contribution in [0.4, 0.5) is 0 Å². The predicted octanol–water partition coefficient (Wildman–Crippen LogP) is 3.77. The Morgan fingerprint density at radius 1 is 0.875 bits per heavy atom. The predicted molar refractivity (Wildman–Crippen MR) is 103 cm³/mol. The van der Waals surface area contributed by atoms with Crippen molar-refractivity contribution in [2.45, 2.75) is 26.2 Å². The lowest BCUT2D eigenvalue weighted by Gasteiger charge is -2.32. The van der Waals surface area contributed by atoms with Crippen LogP contribution in [0.3, 0.4) is 0 Å². The molecule has 3 rings (SSSR count). The summed E-state index contributed by atoms with van der Waals surface area (Å²) in [6.45, 7) is 8.30. The summed E-state index contributed by atoms with van der Waals surface area (Å²) >= 11 is 0. The average molecular weight is 322 g/mol. The Bertz CT molecular complexity index is 628. The minimum absolute atomic E-state index is 1.05. The Kier molecular flexibility index (Phi) is 6.06. The molecule has 1 fully saturated rings. The number of likely N-dealkylation sites (N-methyl/N-ethyl adjacent to an activating group) is 1. The largest absolute Gasteiger partial charge is 0.304 e. The van der Waals surface area contributed by atoms with Gasteiger partial charge in [-0.25, -0.2) is 0 Å². The highest BCUT2D eigenvalue weighted by atomic mass is 15.2. The fourth-order valence-electron chi connectivity index (χ4n) is 3.54. The van der Waals surface area contributed by atoms with Crippen LogP contribution in [0.15, 0.2) is 48.5 Å². The number of aryl methyl sites for hydroxylation is 2. The Morgan fingerprint density at radius 2 is 1.62 bits per heavy atom. The number of benzene rings is 2. The lowest BCUT2D eigenvalue weighted by atomic mass is 9.95. The van der Waals surface area contributed by atoms with E-state index in [1.807, 2.05) is 0 Å². The molecule has 0 radical (unpaired) electrons. The van der Waals surface area contributed by atoms with Gasteiger partial charge in [-0.2, -0.15) is 0 Å². The van der Waals surface area contributed by atoms with E-state index in [0.29, 0.717) is 0 Å². The molecule has 0 unspecified atom stereocenters. The van der Waals surface area contributed by atoms with Crippen LogP contribution in [0, 0.1) is 6.92 Å². The van der Waals surface area contributed by atoms with Crippen LogP contribution < -0.4 is 0 Å². The highest BCUT2D eigenvalue weighted by Gasteiger charge is 2.13. The molecule has 1 saturated heterocycles. The Balaban J connectivity index is 1.58. The molecule has 1 aliphatic rings. The second kappa shape index (κ2) is 8.46. The van der Waals surface area contributed by atoms with E-state index in [4.69, 9.17) is 0 Å². The minimum atomic E-state index is 1.05. The molecule has 0 aromatic heterocycles. The summed E-state index contributed by atoms with van der Waals surface area (Å²) in [6.07, 6.45) is 3.50. The third kappa shape index (κ3) is 4.93. The summed E-state index contributed by atoms with van der Waals surface area (Å²) in [4.78, 5) is 5.04. The van der Waals surface area contributed by atoms with Crippen molar-refractivity contribution >= 4 is 0 Å². The van der Waals surface area contributed by atoms with Crippen LogP contribution >= 0.6 is 0 Å². The molecule has 1 aliphatic heterocycles. The van der Waals surface area contributed by atoms with Gasteiger partial charge in [-0.3, -0.25) is 0 Å². The molecule has 128 valence electrons. The van der Waals surface area contributed by atoms with Crippen LogP contribution in [0.25, 0.3) is 0 Å². The maximum absolute atomic E-state index is 2.62. The van der Waals surface area contributed by atoms with E-state index in [0.717, 1.165) is 6.42 Å².